The molecule has 3 rings (SSSR count). The number of carbonyl (C=O) groups excluding carboxylic acids is 1. The standard InChI is InChI=1S/C18H15F2NO6/c1-2-25-18(24)14-13(12-9(19)4-3-5-10(12)20)16-15(27-17(14)21)11(23)6-8(7-22)26-16/h3-6,13,22H,2,7,21H2,1H3/t13-/m0/s1. The van der Waals surface area contributed by atoms with Gasteiger partial charge in [0.15, 0.2) is 5.76 Å². The molecule has 3 N–H and O–H groups in total. The molecule has 0 fully saturated rings. The zero-order valence-corrected chi connectivity index (χ0v) is 14.1. The van der Waals surface area contributed by atoms with Gasteiger partial charge in [0, 0.05) is 11.6 Å². The number of rotatable bonds is 4. The molecule has 0 unspecified atom stereocenters. The maximum absolute atomic E-state index is 14.5. The second kappa shape index (κ2) is 7.20. The van der Waals surface area contributed by atoms with Crippen molar-refractivity contribution in [2.24, 2.45) is 5.73 Å². The molecule has 0 spiro atoms. The fraction of sp³-hybridized carbons (Fsp3) is 0.222. The van der Waals surface area contributed by atoms with Crippen LogP contribution in [0.15, 0.2) is 44.9 Å². The largest absolute Gasteiger partial charge is 0.462 e. The fourth-order valence-corrected chi connectivity index (χ4v) is 2.85. The van der Waals surface area contributed by atoms with Gasteiger partial charge in [0.2, 0.25) is 17.1 Å². The summed E-state index contributed by atoms with van der Waals surface area (Å²) in [7, 11) is 0. The second-order valence-electron chi connectivity index (χ2n) is 5.60. The third kappa shape index (κ3) is 3.17. The van der Waals surface area contributed by atoms with Crippen molar-refractivity contribution in [3.05, 3.63) is 74.7 Å². The highest BCUT2D eigenvalue weighted by molar-refractivity contribution is 5.92. The molecule has 1 aromatic carbocycles. The molecule has 1 aliphatic rings. The first kappa shape index (κ1) is 18.6. The highest BCUT2D eigenvalue weighted by Gasteiger charge is 2.41. The van der Waals surface area contributed by atoms with Crippen LogP contribution in [0.4, 0.5) is 8.78 Å². The molecule has 9 heteroatoms. The molecule has 0 saturated carbocycles. The number of fused-ring (bicyclic) bond motifs is 1. The normalized spacial score (nSPS) is 15.9. The highest BCUT2D eigenvalue weighted by Crippen LogP contribution is 2.43. The summed E-state index contributed by atoms with van der Waals surface area (Å²) in [6.07, 6.45) is 0. The topological polar surface area (TPSA) is 112 Å². The van der Waals surface area contributed by atoms with Gasteiger partial charge in [-0.15, -0.1) is 0 Å². The number of aliphatic hydroxyl groups excluding tert-OH is 1. The van der Waals surface area contributed by atoms with Crippen LogP contribution in [0.5, 0.6) is 5.75 Å². The SMILES string of the molecule is CCOC(=O)C1=C(N)Oc2c(oc(CO)cc2=O)[C@H]1c1c(F)cccc1F. The predicted molar refractivity (Wildman–Crippen MR) is 87.6 cm³/mol. The zero-order valence-electron chi connectivity index (χ0n) is 14.1. The summed E-state index contributed by atoms with van der Waals surface area (Å²) in [5.41, 5.74) is 4.07. The Morgan fingerprint density at radius 2 is 2.00 bits per heavy atom. The van der Waals surface area contributed by atoms with E-state index in [2.05, 4.69) is 0 Å². The Labute approximate surface area is 151 Å². The molecule has 142 valence electrons. The van der Waals surface area contributed by atoms with Crippen LogP contribution in [0, 0.1) is 11.6 Å². The van der Waals surface area contributed by atoms with Crippen LogP contribution in [0.1, 0.15) is 29.9 Å². The van der Waals surface area contributed by atoms with Gasteiger partial charge >= 0.3 is 5.97 Å². The first-order valence-electron chi connectivity index (χ1n) is 7.95. The van der Waals surface area contributed by atoms with Crippen molar-refractivity contribution in [1.29, 1.82) is 0 Å². The minimum absolute atomic E-state index is 0.0322. The predicted octanol–water partition coefficient (Wildman–Crippen LogP) is 1.67. The molecule has 1 atom stereocenters. The van der Waals surface area contributed by atoms with Gasteiger partial charge in [0.05, 0.1) is 12.5 Å². The van der Waals surface area contributed by atoms with Crippen molar-refractivity contribution in [2.75, 3.05) is 6.61 Å². The lowest BCUT2D eigenvalue weighted by molar-refractivity contribution is -0.139. The number of hydrogen-bond donors (Lipinski definition) is 2. The lowest BCUT2D eigenvalue weighted by Gasteiger charge is -2.27. The van der Waals surface area contributed by atoms with Crippen LogP contribution in [0.2, 0.25) is 0 Å². The van der Waals surface area contributed by atoms with E-state index in [9.17, 15) is 23.5 Å². The maximum atomic E-state index is 14.5. The molecular formula is C18H15F2NO6. The van der Waals surface area contributed by atoms with E-state index in [-0.39, 0.29) is 18.1 Å². The number of nitrogens with two attached hydrogens (primary N) is 1. The number of ether oxygens (including phenoxy) is 2. The molecule has 1 aromatic heterocycles. The van der Waals surface area contributed by atoms with Crippen molar-refractivity contribution in [3.63, 3.8) is 0 Å². The van der Waals surface area contributed by atoms with Crippen molar-refractivity contribution < 1.29 is 32.6 Å². The van der Waals surface area contributed by atoms with Crippen LogP contribution in [-0.4, -0.2) is 17.7 Å². The van der Waals surface area contributed by atoms with E-state index in [1.54, 1.807) is 0 Å². The number of hydrogen-bond acceptors (Lipinski definition) is 7. The minimum atomic E-state index is -1.53. The summed E-state index contributed by atoms with van der Waals surface area (Å²) >= 11 is 0. The first-order chi connectivity index (χ1) is 12.9. The number of benzene rings is 1. The molecular weight excluding hydrogens is 364 g/mol. The van der Waals surface area contributed by atoms with Crippen LogP contribution in [0.25, 0.3) is 0 Å². The minimum Gasteiger partial charge on any atom is -0.462 e. The smallest absolute Gasteiger partial charge is 0.340 e. The fourth-order valence-electron chi connectivity index (χ4n) is 2.85. The molecule has 2 aromatic rings. The average Bonchev–Trinajstić information content (AvgIpc) is 2.62. The molecule has 1 aliphatic heterocycles. The number of halogens is 2. The average molecular weight is 379 g/mol. The lowest BCUT2D eigenvalue weighted by atomic mass is 9.86. The Bertz CT molecular complexity index is 978. The van der Waals surface area contributed by atoms with Crippen LogP contribution in [0.3, 0.4) is 0 Å². The third-order valence-corrected chi connectivity index (χ3v) is 3.95. The van der Waals surface area contributed by atoms with Crippen LogP contribution >= 0.6 is 0 Å². The van der Waals surface area contributed by atoms with Crippen molar-refractivity contribution in [1.82, 2.24) is 0 Å². The van der Waals surface area contributed by atoms with E-state index in [1.807, 2.05) is 0 Å². The van der Waals surface area contributed by atoms with Crippen molar-refractivity contribution in [3.8, 4) is 5.75 Å². The van der Waals surface area contributed by atoms with Crippen LogP contribution < -0.4 is 15.9 Å². The van der Waals surface area contributed by atoms with Gasteiger partial charge in [-0.1, -0.05) is 6.07 Å². The Kier molecular flexibility index (Phi) is 4.95. The van der Waals surface area contributed by atoms with Crippen LogP contribution in [-0.2, 0) is 16.1 Å². The van der Waals surface area contributed by atoms with Gasteiger partial charge in [0.1, 0.15) is 29.6 Å². The van der Waals surface area contributed by atoms with E-state index in [0.29, 0.717) is 0 Å². The third-order valence-electron chi connectivity index (χ3n) is 3.95. The summed E-state index contributed by atoms with van der Waals surface area (Å²) in [4.78, 5) is 24.7. The Morgan fingerprint density at radius 3 is 2.59 bits per heavy atom. The van der Waals surface area contributed by atoms with Gasteiger partial charge in [-0.05, 0) is 19.1 Å². The van der Waals surface area contributed by atoms with Gasteiger partial charge < -0.3 is 24.7 Å². The summed E-state index contributed by atoms with van der Waals surface area (Å²) in [5, 5.41) is 9.29. The molecule has 0 radical (unpaired) electrons. The number of carbonyl (C=O) groups is 1. The molecule has 0 amide bonds. The first-order valence-corrected chi connectivity index (χ1v) is 7.95. The van der Waals surface area contributed by atoms with Gasteiger partial charge in [-0.2, -0.15) is 0 Å². The van der Waals surface area contributed by atoms with Gasteiger partial charge in [0.25, 0.3) is 0 Å². The van der Waals surface area contributed by atoms with E-state index < -0.39 is 58.3 Å². The summed E-state index contributed by atoms with van der Waals surface area (Å²) in [6, 6.07) is 4.07. The lowest BCUT2D eigenvalue weighted by Crippen LogP contribution is -2.31. The molecule has 0 bridgehead atoms. The molecule has 0 aliphatic carbocycles. The Morgan fingerprint density at radius 1 is 1.33 bits per heavy atom. The second-order valence-corrected chi connectivity index (χ2v) is 5.60. The van der Waals surface area contributed by atoms with Gasteiger partial charge in [-0.3, -0.25) is 4.79 Å². The highest BCUT2D eigenvalue weighted by atomic mass is 19.1. The molecule has 2 heterocycles. The van der Waals surface area contributed by atoms with Crippen molar-refractivity contribution in [2.45, 2.75) is 19.4 Å². The van der Waals surface area contributed by atoms with Crippen molar-refractivity contribution >= 4 is 5.97 Å². The Balaban J connectivity index is 2.35. The monoisotopic (exact) mass is 379 g/mol. The summed E-state index contributed by atoms with van der Waals surface area (Å²) < 4.78 is 44.5. The maximum Gasteiger partial charge on any atom is 0.340 e. The quantitative estimate of drug-likeness (QED) is 0.777. The van der Waals surface area contributed by atoms with E-state index >= 15 is 0 Å². The molecule has 27 heavy (non-hydrogen) atoms. The van der Waals surface area contributed by atoms with E-state index in [1.165, 1.54) is 6.92 Å². The zero-order chi connectivity index (χ0) is 19.7. The number of aliphatic hydroxyl groups is 1. The van der Waals surface area contributed by atoms with E-state index in [0.717, 1.165) is 24.3 Å². The summed E-state index contributed by atoms with van der Waals surface area (Å²) in [6.45, 7) is 0.855. The Hall–Kier alpha value is -3.20. The molecule has 0 saturated heterocycles. The summed E-state index contributed by atoms with van der Waals surface area (Å²) in [5.74, 6) is -5.97. The number of esters is 1. The molecule has 7 nitrogen and oxygen atoms in total. The van der Waals surface area contributed by atoms with E-state index in [4.69, 9.17) is 19.6 Å². The van der Waals surface area contributed by atoms with Gasteiger partial charge in [-0.25, -0.2) is 13.6 Å².